The molecular formula is C20H21N5O3S. The molecule has 1 fully saturated rings. The maximum atomic E-state index is 12.6. The molecule has 1 aliphatic heterocycles. The van der Waals surface area contributed by atoms with E-state index in [2.05, 4.69) is 20.2 Å². The SMILES string of the molecule is O=C(Nc1nc(CC(=O)N2CCN(Cc3ccccn3)CC2)cs1)c1ccco1. The highest BCUT2D eigenvalue weighted by Crippen LogP contribution is 2.18. The number of carbonyl (C=O) groups is 2. The lowest BCUT2D eigenvalue weighted by atomic mass is 10.2. The van der Waals surface area contributed by atoms with Crippen LogP contribution in [0.3, 0.4) is 0 Å². The summed E-state index contributed by atoms with van der Waals surface area (Å²) in [7, 11) is 0. The Labute approximate surface area is 172 Å². The molecule has 0 aromatic carbocycles. The summed E-state index contributed by atoms with van der Waals surface area (Å²) >= 11 is 1.29. The van der Waals surface area contributed by atoms with Gasteiger partial charge >= 0.3 is 0 Å². The molecule has 4 rings (SSSR count). The van der Waals surface area contributed by atoms with Crippen molar-refractivity contribution in [1.82, 2.24) is 19.8 Å². The van der Waals surface area contributed by atoms with Gasteiger partial charge in [0.05, 0.1) is 24.1 Å². The van der Waals surface area contributed by atoms with Crippen LogP contribution in [0.1, 0.15) is 21.9 Å². The Bertz CT molecular complexity index is 950. The number of thiazole rings is 1. The molecule has 0 unspecified atom stereocenters. The second kappa shape index (κ2) is 8.97. The van der Waals surface area contributed by atoms with Crippen molar-refractivity contribution in [2.75, 3.05) is 31.5 Å². The Hall–Kier alpha value is -3.04. The number of anilines is 1. The molecule has 3 aromatic heterocycles. The predicted octanol–water partition coefficient (Wildman–Crippen LogP) is 2.27. The molecule has 2 amide bonds. The van der Waals surface area contributed by atoms with Crippen molar-refractivity contribution in [2.24, 2.45) is 0 Å². The largest absolute Gasteiger partial charge is 0.459 e. The molecule has 0 aliphatic carbocycles. The smallest absolute Gasteiger partial charge is 0.293 e. The molecule has 0 radical (unpaired) electrons. The zero-order valence-corrected chi connectivity index (χ0v) is 16.6. The molecule has 0 atom stereocenters. The van der Waals surface area contributed by atoms with E-state index < -0.39 is 0 Å². The van der Waals surface area contributed by atoms with Gasteiger partial charge in [0.25, 0.3) is 5.91 Å². The minimum atomic E-state index is -0.355. The number of piperazine rings is 1. The number of nitrogens with zero attached hydrogens (tertiary/aromatic N) is 4. The second-order valence-corrected chi connectivity index (χ2v) is 7.59. The minimum absolute atomic E-state index is 0.0525. The fourth-order valence-electron chi connectivity index (χ4n) is 3.15. The monoisotopic (exact) mass is 411 g/mol. The van der Waals surface area contributed by atoms with Crippen LogP contribution in [-0.2, 0) is 17.8 Å². The van der Waals surface area contributed by atoms with Gasteiger partial charge in [0.15, 0.2) is 10.9 Å². The molecule has 8 nitrogen and oxygen atoms in total. The van der Waals surface area contributed by atoms with E-state index in [4.69, 9.17) is 4.42 Å². The number of furan rings is 1. The quantitative estimate of drug-likeness (QED) is 0.669. The first-order valence-corrected chi connectivity index (χ1v) is 10.2. The van der Waals surface area contributed by atoms with Gasteiger partial charge < -0.3 is 9.32 Å². The molecule has 0 spiro atoms. The molecule has 150 valence electrons. The maximum absolute atomic E-state index is 12.6. The zero-order valence-electron chi connectivity index (χ0n) is 15.8. The summed E-state index contributed by atoms with van der Waals surface area (Å²) in [5.74, 6) is -0.0793. The lowest BCUT2D eigenvalue weighted by molar-refractivity contribution is -0.132. The van der Waals surface area contributed by atoms with E-state index in [1.807, 2.05) is 23.1 Å². The first kappa shape index (κ1) is 19.3. The van der Waals surface area contributed by atoms with Crippen LogP contribution in [0.5, 0.6) is 0 Å². The van der Waals surface area contributed by atoms with Crippen molar-refractivity contribution >= 4 is 28.3 Å². The third-order valence-electron chi connectivity index (χ3n) is 4.69. The molecule has 4 heterocycles. The van der Waals surface area contributed by atoms with E-state index in [0.29, 0.717) is 23.9 Å². The maximum Gasteiger partial charge on any atom is 0.293 e. The van der Waals surface area contributed by atoms with Crippen LogP contribution in [0.4, 0.5) is 5.13 Å². The van der Waals surface area contributed by atoms with Gasteiger partial charge in [-0.2, -0.15) is 0 Å². The fourth-order valence-corrected chi connectivity index (χ4v) is 3.86. The van der Waals surface area contributed by atoms with Crippen LogP contribution in [0.2, 0.25) is 0 Å². The van der Waals surface area contributed by atoms with E-state index in [9.17, 15) is 9.59 Å². The highest BCUT2D eigenvalue weighted by atomic mass is 32.1. The molecular weight excluding hydrogens is 390 g/mol. The molecule has 0 saturated carbocycles. The number of pyridine rings is 1. The van der Waals surface area contributed by atoms with E-state index in [1.165, 1.54) is 17.6 Å². The Morgan fingerprint density at radius 3 is 2.69 bits per heavy atom. The third-order valence-corrected chi connectivity index (χ3v) is 5.49. The number of rotatable bonds is 6. The van der Waals surface area contributed by atoms with E-state index in [1.54, 1.807) is 23.7 Å². The first-order valence-electron chi connectivity index (χ1n) is 9.37. The summed E-state index contributed by atoms with van der Waals surface area (Å²) in [6.45, 7) is 3.83. The molecule has 3 aromatic rings. The van der Waals surface area contributed by atoms with Crippen molar-refractivity contribution in [3.8, 4) is 0 Å². The van der Waals surface area contributed by atoms with Gasteiger partial charge in [-0.1, -0.05) is 6.07 Å². The Morgan fingerprint density at radius 1 is 1.10 bits per heavy atom. The number of carbonyl (C=O) groups excluding carboxylic acids is 2. The summed E-state index contributed by atoms with van der Waals surface area (Å²) in [5, 5.41) is 4.94. The summed E-state index contributed by atoms with van der Waals surface area (Å²) in [6.07, 6.45) is 3.47. The van der Waals surface area contributed by atoms with E-state index in [-0.39, 0.29) is 24.0 Å². The molecule has 0 bridgehead atoms. The normalized spacial score (nSPS) is 14.7. The predicted molar refractivity (Wildman–Crippen MR) is 109 cm³/mol. The average Bonchev–Trinajstić information content (AvgIpc) is 3.42. The average molecular weight is 411 g/mol. The highest BCUT2D eigenvalue weighted by Gasteiger charge is 2.22. The number of hydrogen-bond acceptors (Lipinski definition) is 7. The van der Waals surface area contributed by atoms with Crippen molar-refractivity contribution in [3.05, 3.63) is 65.3 Å². The van der Waals surface area contributed by atoms with Crippen molar-refractivity contribution < 1.29 is 14.0 Å². The van der Waals surface area contributed by atoms with E-state index in [0.717, 1.165) is 25.3 Å². The van der Waals surface area contributed by atoms with Crippen molar-refractivity contribution in [3.63, 3.8) is 0 Å². The standard InChI is InChI=1S/C20H21N5O3S/c26-18(25-9-7-24(8-10-25)13-15-4-1-2-6-21-15)12-16-14-29-20(22-16)23-19(27)17-5-3-11-28-17/h1-6,11,14H,7-10,12-13H2,(H,22,23,27). The highest BCUT2D eigenvalue weighted by molar-refractivity contribution is 7.14. The van der Waals surface area contributed by atoms with Gasteiger partial charge in [-0.3, -0.25) is 24.8 Å². The number of hydrogen-bond donors (Lipinski definition) is 1. The number of nitrogens with one attached hydrogen (secondary N) is 1. The van der Waals surface area contributed by atoms with Crippen LogP contribution in [-0.4, -0.2) is 57.8 Å². The topological polar surface area (TPSA) is 91.6 Å². The van der Waals surface area contributed by atoms with Gasteiger partial charge in [0.2, 0.25) is 5.91 Å². The van der Waals surface area contributed by atoms with Crippen LogP contribution in [0, 0.1) is 0 Å². The molecule has 1 N–H and O–H groups in total. The molecule has 9 heteroatoms. The number of aromatic nitrogens is 2. The summed E-state index contributed by atoms with van der Waals surface area (Å²) in [5.41, 5.74) is 1.70. The second-order valence-electron chi connectivity index (χ2n) is 6.73. The Morgan fingerprint density at radius 2 is 1.97 bits per heavy atom. The molecule has 1 saturated heterocycles. The first-order chi connectivity index (χ1) is 14.2. The van der Waals surface area contributed by atoms with E-state index >= 15 is 0 Å². The molecule has 1 aliphatic rings. The minimum Gasteiger partial charge on any atom is -0.459 e. The van der Waals surface area contributed by atoms with Gasteiger partial charge in [0.1, 0.15) is 0 Å². The van der Waals surface area contributed by atoms with Crippen LogP contribution >= 0.6 is 11.3 Å². The van der Waals surface area contributed by atoms with Gasteiger partial charge in [-0.15, -0.1) is 11.3 Å². The van der Waals surface area contributed by atoms with Crippen LogP contribution < -0.4 is 5.32 Å². The Kier molecular flexibility index (Phi) is 5.97. The van der Waals surface area contributed by atoms with Gasteiger partial charge in [-0.05, 0) is 24.3 Å². The van der Waals surface area contributed by atoms with Crippen LogP contribution in [0.15, 0.2) is 52.6 Å². The lowest BCUT2D eigenvalue weighted by Crippen LogP contribution is -2.48. The zero-order chi connectivity index (χ0) is 20.1. The van der Waals surface area contributed by atoms with Gasteiger partial charge in [0, 0.05) is 44.3 Å². The Balaban J connectivity index is 1.25. The molecule has 29 heavy (non-hydrogen) atoms. The lowest BCUT2D eigenvalue weighted by Gasteiger charge is -2.34. The summed E-state index contributed by atoms with van der Waals surface area (Å²) < 4.78 is 5.06. The van der Waals surface area contributed by atoms with Gasteiger partial charge in [-0.25, -0.2) is 4.98 Å². The summed E-state index contributed by atoms with van der Waals surface area (Å²) in [4.78, 5) is 37.5. The number of amides is 2. The van der Waals surface area contributed by atoms with Crippen molar-refractivity contribution in [2.45, 2.75) is 13.0 Å². The van der Waals surface area contributed by atoms with Crippen molar-refractivity contribution in [1.29, 1.82) is 0 Å². The summed E-state index contributed by atoms with van der Waals surface area (Å²) in [6, 6.07) is 9.15. The third kappa shape index (κ3) is 5.07. The fraction of sp³-hybridized carbons (Fsp3) is 0.300. The van der Waals surface area contributed by atoms with Crippen LogP contribution in [0.25, 0.3) is 0 Å².